The second-order valence-electron chi connectivity index (χ2n) is 4.31. The van der Waals surface area contributed by atoms with Crippen LogP contribution in [0.25, 0.3) is 0 Å². The lowest BCUT2D eigenvalue weighted by Gasteiger charge is -2.01. The molecule has 1 rings (SSSR count). The Morgan fingerprint density at radius 1 is 1.44 bits per heavy atom. The average molecular weight is 254 g/mol. The average Bonchev–Trinajstić information content (AvgIpc) is 2.74. The summed E-state index contributed by atoms with van der Waals surface area (Å²) in [6, 6.07) is 1.80. The number of carbonyl (C=O) groups is 1. The van der Waals surface area contributed by atoms with Crippen LogP contribution in [0, 0.1) is 6.92 Å². The molecular weight excluding hydrogens is 232 g/mol. The van der Waals surface area contributed by atoms with Crippen molar-refractivity contribution < 1.29 is 13.9 Å². The van der Waals surface area contributed by atoms with Crippen LogP contribution in [0.4, 0.5) is 0 Å². The second-order valence-corrected chi connectivity index (χ2v) is 4.31. The van der Waals surface area contributed by atoms with Gasteiger partial charge >= 0.3 is 5.91 Å². The molecule has 0 radical (unpaired) electrons. The number of rotatable bonds is 8. The van der Waals surface area contributed by atoms with E-state index in [9.17, 15) is 4.79 Å². The third kappa shape index (κ3) is 4.50. The Bertz CT molecular complexity index is 374. The summed E-state index contributed by atoms with van der Waals surface area (Å²) in [4.78, 5) is 11.3. The van der Waals surface area contributed by atoms with Crippen LogP contribution in [0.1, 0.15) is 54.5 Å². The number of unbranched alkanes of at least 4 members (excludes halogenated alkanes) is 3. The van der Waals surface area contributed by atoms with Crippen LogP contribution in [0.3, 0.4) is 0 Å². The zero-order chi connectivity index (χ0) is 13.4. The van der Waals surface area contributed by atoms with E-state index < -0.39 is 5.91 Å². The lowest BCUT2D eigenvalue weighted by molar-refractivity contribution is 0.0888. The van der Waals surface area contributed by atoms with Crippen molar-refractivity contribution in [1.29, 1.82) is 0 Å². The Morgan fingerprint density at radius 3 is 2.89 bits per heavy atom. The first-order valence-corrected chi connectivity index (χ1v) is 6.37. The quantitative estimate of drug-likeness (QED) is 0.323. The number of hydrazine groups is 1. The molecule has 1 heterocycles. The zero-order valence-corrected chi connectivity index (χ0v) is 11.1. The van der Waals surface area contributed by atoms with Gasteiger partial charge in [-0.3, -0.25) is 10.2 Å². The number of furan rings is 1. The van der Waals surface area contributed by atoms with Gasteiger partial charge in [0.25, 0.3) is 0 Å². The molecule has 1 aromatic rings. The molecule has 0 fully saturated rings. The highest BCUT2D eigenvalue weighted by atomic mass is 16.5. The summed E-state index contributed by atoms with van der Waals surface area (Å²) in [5, 5.41) is 0. The van der Waals surface area contributed by atoms with E-state index in [4.69, 9.17) is 15.0 Å². The van der Waals surface area contributed by atoms with Crippen LogP contribution >= 0.6 is 0 Å². The third-order valence-corrected chi connectivity index (χ3v) is 2.69. The van der Waals surface area contributed by atoms with Gasteiger partial charge in [0, 0.05) is 12.2 Å². The Morgan fingerprint density at radius 2 is 2.22 bits per heavy atom. The molecule has 0 aromatic carbocycles. The third-order valence-electron chi connectivity index (χ3n) is 2.69. The number of amides is 1. The molecule has 5 nitrogen and oxygen atoms in total. The molecule has 0 saturated heterocycles. The number of hydrogen-bond donors (Lipinski definition) is 2. The van der Waals surface area contributed by atoms with Crippen molar-refractivity contribution >= 4 is 5.91 Å². The predicted octanol–water partition coefficient (Wildman–Crippen LogP) is 2.29. The Balaban J connectivity index is 2.33. The van der Waals surface area contributed by atoms with Crippen molar-refractivity contribution in [2.75, 3.05) is 6.61 Å². The highest BCUT2D eigenvalue weighted by Gasteiger charge is 2.14. The molecule has 5 heteroatoms. The van der Waals surface area contributed by atoms with E-state index in [1.54, 1.807) is 13.0 Å². The summed E-state index contributed by atoms with van der Waals surface area (Å²) in [5.74, 6) is 5.55. The minimum atomic E-state index is -0.415. The molecule has 1 amide bonds. The number of nitrogens with one attached hydrogen (secondary N) is 1. The van der Waals surface area contributed by atoms with Crippen molar-refractivity contribution in [3.05, 3.63) is 23.2 Å². The molecule has 3 N–H and O–H groups in total. The maximum absolute atomic E-state index is 11.3. The minimum Gasteiger partial charge on any atom is -0.453 e. The second kappa shape index (κ2) is 7.89. The van der Waals surface area contributed by atoms with Gasteiger partial charge in [-0.25, -0.2) is 5.84 Å². The van der Waals surface area contributed by atoms with Crippen LogP contribution in [-0.2, 0) is 11.3 Å². The Labute approximate surface area is 108 Å². The number of ether oxygens (including phenoxy) is 1. The normalized spacial score (nSPS) is 10.6. The van der Waals surface area contributed by atoms with E-state index in [0.29, 0.717) is 12.4 Å². The first-order valence-electron chi connectivity index (χ1n) is 6.37. The molecule has 0 atom stereocenters. The van der Waals surface area contributed by atoms with E-state index in [-0.39, 0.29) is 5.76 Å². The van der Waals surface area contributed by atoms with Crippen molar-refractivity contribution in [2.24, 2.45) is 5.84 Å². The van der Waals surface area contributed by atoms with E-state index in [2.05, 4.69) is 12.3 Å². The number of nitrogens with two attached hydrogens (primary N) is 1. The van der Waals surface area contributed by atoms with Gasteiger partial charge in [-0.1, -0.05) is 26.2 Å². The van der Waals surface area contributed by atoms with Gasteiger partial charge in [-0.2, -0.15) is 0 Å². The number of aryl methyl sites for hydroxylation is 1. The van der Waals surface area contributed by atoms with Crippen molar-refractivity contribution in [3.63, 3.8) is 0 Å². The van der Waals surface area contributed by atoms with Crippen molar-refractivity contribution in [1.82, 2.24) is 5.43 Å². The highest BCUT2D eigenvalue weighted by molar-refractivity contribution is 5.92. The molecule has 18 heavy (non-hydrogen) atoms. The lowest BCUT2D eigenvalue weighted by atomic mass is 10.2. The van der Waals surface area contributed by atoms with Crippen LogP contribution in [0.2, 0.25) is 0 Å². The molecule has 0 bridgehead atoms. The topological polar surface area (TPSA) is 77.5 Å². The molecule has 0 aliphatic rings. The summed E-state index contributed by atoms with van der Waals surface area (Å²) < 4.78 is 10.9. The van der Waals surface area contributed by atoms with Crippen LogP contribution < -0.4 is 11.3 Å². The van der Waals surface area contributed by atoms with Crippen molar-refractivity contribution in [2.45, 2.75) is 46.1 Å². The van der Waals surface area contributed by atoms with Gasteiger partial charge < -0.3 is 9.15 Å². The minimum absolute atomic E-state index is 0.252. The molecule has 1 aromatic heterocycles. The first-order chi connectivity index (χ1) is 8.69. The van der Waals surface area contributed by atoms with E-state index in [1.165, 1.54) is 19.3 Å². The number of hydrogen-bond acceptors (Lipinski definition) is 4. The predicted molar refractivity (Wildman–Crippen MR) is 68.9 cm³/mol. The van der Waals surface area contributed by atoms with Gasteiger partial charge in [0.1, 0.15) is 12.4 Å². The van der Waals surface area contributed by atoms with Gasteiger partial charge in [0.05, 0.1) is 0 Å². The van der Waals surface area contributed by atoms with Gasteiger partial charge in [-0.05, 0) is 19.4 Å². The summed E-state index contributed by atoms with van der Waals surface area (Å²) in [6.45, 7) is 5.10. The Hall–Kier alpha value is -1.33. The van der Waals surface area contributed by atoms with Gasteiger partial charge in [-0.15, -0.1) is 0 Å². The fourth-order valence-electron chi connectivity index (χ4n) is 1.71. The first kappa shape index (κ1) is 14.7. The highest BCUT2D eigenvalue weighted by Crippen LogP contribution is 2.15. The summed E-state index contributed by atoms with van der Waals surface area (Å²) in [6.07, 6.45) is 4.71. The number of carbonyl (C=O) groups excluding carboxylic acids is 1. The maximum Gasteiger partial charge on any atom is 0.301 e. The zero-order valence-electron chi connectivity index (χ0n) is 11.1. The molecule has 0 unspecified atom stereocenters. The van der Waals surface area contributed by atoms with Crippen LogP contribution in [0.5, 0.6) is 0 Å². The van der Waals surface area contributed by atoms with Crippen LogP contribution in [0.15, 0.2) is 10.5 Å². The van der Waals surface area contributed by atoms with Crippen LogP contribution in [-0.4, -0.2) is 12.5 Å². The molecule has 102 valence electrons. The van der Waals surface area contributed by atoms with Gasteiger partial charge in [0.15, 0.2) is 5.76 Å². The molecular formula is C13H22N2O3. The van der Waals surface area contributed by atoms with E-state index in [0.717, 1.165) is 18.6 Å². The van der Waals surface area contributed by atoms with E-state index >= 15 is 0 Å². The monoisotopic (exact) mass is 254 g/mol. The molecule has 0 spiro atoms. The summed E-state index contributed by atoms with van der Waals surface area (Å²) in [5.41, 5.74) is 2.82. The standard InChI is InChI=1S/C13H22N2O3/c1-3-4-5-6-7-17-9-11-8-10(2)12(18-11)13(16)15-14/h8H,3-7,9,14H2,1-2H3,(H,15,16). The smallest absolute Gasteiger partial charge is 0.301 e. The number of nitrogen functional groups attached to an aromatic ring is 1. The molecule has 0 saturated carbocycles. The fourth-order valence-corrected chi connectivity index (χ4v) is 1.71. The summed E-state index contributed by atoms with van der Waals surface area (Å²) in [7, 11) is 0. The largest absolute Gasteiger partial charge is 0.453 e. The van der Waals surface area contributed by atoms with Gasteiger partial charge in [0.2, 0.25) is 0 Å². The lowest BCUT2D eigenvalue weighted by Crippen LogP contribution is -2.30. The summed E-state index contributed by atoms with van der Waals surface area (Å²) >= 11 is 0. The SMILES string of the molecule is CCCCCCOCc1cc(C)c(C(=O)NN)o1. The van der Waals surface area contributed by atoms with Crippen molar-refractivity contribution in [3.8, 4) is 0 Å². The molecule has 0 aliphatic carbocycles. The molecule has 0 aliphatic heterocycles. The van der Waals surface area contributed by atoms with E-state index in [1.807, 2.05) is 0 Å². The maximum atomic E-state index is 11.3. The Kier molecular flexibility index (Phi) is 6.46. The fraction of sp³-hybridized carbons (Fsp3) is 0.615.